The van der Waals surface area contributed by atoms with Crippen LogP contribution in [0.5, 0.6) is 0 Å². The molecule has 0 aliphatic heterocycles. The number of aliphatic hydroxyl groups excluding tert-OH is 2. The van der Waals surface area contributed by atoms with Crippen LogP contribution in [0.3, 0.4) is 0 Å². The predicted octanol–water partition coefficient (Wildman–Crippen LogP) is 1.32. The zero-order valence-electron chi connectivity index (χ0n) is 10.8. The van der Waals surface area contributed by atoms with Gasteiger partial charge >= 0.3 is 0 Å². The van der Waals surface area contributed by atoms with E-state index in [2.05, 4.69) is 0 Å². The molecule has 0 saturated heterocycles. The lowest BCUT2D eigenvalue weighted by Gasteiger charge is -2.24. The van der Waals surface area contributed by atoms with Crippen LogP contribution in [0.2, 0.25) is 0 Å². The third-order valence-electron chi connectivity index (χ3n) is 2.96. The minimum Gasteiger partial charge on any atom is -0.472 e. The van der Waals surface area contributed by atoms with E-state index in [1.54, 1.807) is 18.6 Å². The van der Waals surface area contributed by atoms with Crippen molar-refractivity contribution in [1.82, 2.24) is 0 Å². The molecule has 1 aromatic heterocycles. The van der Waals surface area contributed by atoms with Crippen LogP contribution in [0.1, 0.15) is 0 Å². The molecule has 0 bridgehead atoms. The molecule has 0 aliphatic carbocycles. The number of anilines is 2. The summed E-state index contributed by atoms with van der Waals surface area (Å²) in [6.45, 7) is 0.0750. The predicted molar refractivity (Wildman–Crippen MR) is 74.9 cm³/mol. The molecule has 5 heteroatoms. The Bertz CT molecular complexity index is 525. The summed E-state index contributed by atoms with van der Waals surface area (Å²) in [5, 5.41) is 18.4. The zero-order valence-corrected chi connectivity index (χ0v) is 10.8. The number of hydrogen-bond acceptors (Lipinski definition) is 5. The highest BCUT2D eigenvalue weighted by Crippen LogP contribution is 2.32. The largest absolute Gasteiger partial charge is 0.472 e. The van der Waals surface area contributed by atoms with Gasteiger partial charge in [-0.25, -0.2) is 0 Å². The van der Waals surface area contributed by atoms with Gasteiger partial charge in [0.2, 0.25) is 0 Å². The van der Waals surface area contributed by atoms with Gasteiger partial charge in [0.15, 0.2) is 0 Å². The van der Waals surface area contributed by atoms with E-state index >= 15 is 0 Å². The van der Waals surface area contributed by atoms with Gasteiger partial charge in [-0.3, -0.25) is 0 Å². The van der Waals surface area contributed by atoms with Gasteiger partial charge in [0.25, 0.3) is 0 Å². The lowest BCUT2D eigenvalue weighted by atomic mass is 10.0. The van der Waals surface area contributed by atoms with Gasteiger partial charge in [0, 0.05) is 36.1 Å². The third kappa shape index (κ3) is 3.07. The summed E-state index contributed by atoms with van der Waals surface area (Å²) < 4.78 is 5.10. The van der Waals surface area contributed by atoms with E-state index in [0.29, 0.717) is 12.2 Å². The van der Waals surface area contributed by atoms with Crippen molar-refractivity contribution in [2.45, 2.75) is 6.10 Å². The van der Waals surface area contributed by atoms with Crippen molar-refractivity contribution < 1.29 is 14.6 Å². The summed E-state index contributed by atoms with van der Waals surface area (Å²) in [7, 11) is 1.86. The molecule has 0 saturated carbocycles. The molecule has 0 spiro atoms. The maximum absolute atomic E-state index is 9.53. The normalized spacial score (nSPS) is 12.4. The highest BCUT2D eigenvalue weighted by Gasteiger charge is 2.13. The molecule has 1 aromatic carbocycles. The first-order valence-corrected chi connectivity index (χ1v) is 6.04. The monoisotopic (exact) mass is 262 g/mol. The summed E-state index contributed by atoms with van der Waals surface area (Å²) in [4.78, 5) is 1.88. The fourth-order valence-electron chi connectivity index (χ4n) is 2.01. The standard InChI is InChI=1S/C14H18N2O3/c1-16(7-12(18)8-17)14-3-2-11(15)6-13(14)10-4-5-19-9-10/h2-6,9,12,17-18H,7-8,15H2,1H3. The van der Waals surface area contributed by atoms with Crippen LogP contribution in [0.25, 0.3) is 11.1 Å². The Morgan fingerprint density at radius 1 is 1.37 bits per heavy atom. The third-order valence-corrected chi connectivity index (χ3v) is 2.96. The van der Waals surface area contributed by atoms with Crippen molar-refractivity contribution in [2.75, 3.05) is 30.8 Å². The number of likely N-dealkylation sites (N-methyl/N-ethyl adjacent to an activating group) is 1. The van der Waals surface area contributed by atoms with Crippen molar-refractivity contribution >= 4 is 11.4 Å². The van der Waals surface area contributed by atoms with Gasteiger partial charge < -0.3 is 25.3 Å². The average molecular weight is 262 g/mol. The van der Waals surface area contributed by atoms with Crippen LogP contribution in [0, 0.1) is 0 Å². The van der Waals surface area contributed by atoms with Crippen LogP contribution in [0.4, 0.5) is 11.4 Å². The number of benzene rings is 1. The summed E-state index contributed by atoms with van der Waals surface area (Å²) in [5.74, 6) is 0. The second kappa shape index (κ2) is 5.77. The quantitative estimate of drug-likeness (QED) is 0.708. The second-order valence-corrected chi connectivity index (χ2v) is 4.51. The van der Waals surface area contributed by atoms with Gasteiger partial charge in [-0.15, -0.1) is 0 Å². The first-order chi connectivity index (χ1) is 9.11. The number of hydrogen-bond donors (Lipinski definition) is 3. The minimum absolute atomic E-state index is 0.264. The van der Waals surface area contributed by atoms with Crippen LogP contribution in [-0.2, 0) is 0 Å². The molecule has 0 aliphatic rings. The Balaban J connectivity index is 2.34. The van der Waals surface area contributed by atoms with Crippen molar-refractivity contribution in [1.29, 1.82) is 0 Å². The van der Waals surface area contributed by atoms with E-state index in [1.807, 2.05) is 30.1 Å². The van der Waals surface area contributed by atoms with E-state index < -0.39 is 6.10 Å². The Kier molecular flexibility index (Phi) is 4.09. The van der Waals surface area contributed by atoms with Crippen molar-refractivity contribution in [3.63, 3.8) is 0 Å². The molecule has 19 heavy (non-hydrogen) atoms. The number of nitrogens with two attached hydrogens (primary N) is 1. The number of aliphatic hydroxyl groups is 2. The molecule has 4 N–H and O–H groups in total. The molecule has 102 valence electrons. The summed E-state index contributed by atoms with van der Waals surface area (Å²) in [6, 6.07) is 7.42. The number of furan rings is 1. The maximum atomic E-state index is 9.53. The number of nitrogens with zero attached hydrogens (tertiary/aromatic N) is 1. The average Bonchev–Trinajstić information content (AvgIpc) is 2.92. The lowest BCUT2D eigenvalue weighted by molar-refractivity contribution is 0.101. The molecular weight excluding hydrogens is 244 g/mol. The minimum atomic E-state index is -0.778. The Morgan fingerprint density at radius 3 is 2.79 bits per heavy atom. The molecule has 2 aromatic rings. The molecule has 0 radical (unpaired) electrons. The molecule has 1 unspecified atom stereocenters. The maximum Gasteiger partial charge on any atom is 0.0981 e. The Hall–Kier alpha value is -1.98. The Morgan fingerprint density at radius 2 is 2.16 bits per heavy atom. The van der Waals surface area contributed by atoms with E-state index in [1.165, 1.54) is 0 Å². The van der Waals surface area contributed by atoms with Gasteiger partial charge in [-0.05, 0) is 24.3 Å². The zero-order chi connectivity index (χ0) is 13.8. The molecule has 2 rings (SSSR count). The van der Waals surface area contributed by atoms with Gasteiger partial charge in [-0.2, -0.15) is 0 Å². The molecular formula is C14H18N2O3. The molecule has 0 fully saturated rings. The van der Waals surface area contributed by atoms with Crippen LogP contribution in [-0.4, -0.2) is 36.5 Å². The van der Waals surface area contributed by atoms with E-state index in [9.17, 15) is 5.11 Å². The van der Waals surface area contributed by atoms with Crippen molar-refractivity contribution in [3.8, 4) is 11.1 Å². The first kappa shape index (κ1) is 13.5. The van der Waals surface area contributed by atoms with E-state index in [0.717, 1.165) is 16.8 Å². The Labute approximate surface area is 111 Å². The highest BCUT2D eigenvalue weighted by atomic mass is 16.3. The van der Waals surface area contributed by atoms with Gasteiger partial charge in [-0.1, -0.05) is 0 Å². The number of nitrogen functional groups attached to an aromatic ring is 1. The molecule has 0 amide bonds. The summed E-state index contributed by atoms with van der Waals surface area (Å²) in [6.07, 6.45) is 2.47. The highest BCUT2D eigenvalue weighted by molar-refractivity contribution is 5.80. The topological polar surface area (TPSA) is 82.9 Å². The molecule has 1 atom stereocenters. The molecule has 5 nitrogen and oxygen atoms in total. The number of rotatable bonds is 5. The molecule has 1 heterocycles. The summed E-state index contributed by atoms with van der Waals surface area (Å²) in [5.41, 5.74) is 9.26. The van der Waals surface area contributed by atoms with Crippen LogP contribution in [0.15, 0.2) is 41.2 Å². The van der Waals surface area contributed by atoms with Gasteiger partial charge in [0.1, 0.15) is 0 Å². The fourth-order valence-corrected chi connectivity index (χ4v) is 2.01. The lowest BCUT2D eigenvalue weighted by Crippen LogP contribution is -2.31. The van der Waals surface area contributed by atoms with Crippen LogP contribution < -0.4 is 10.6 Å². The summed E-state index contributed by atoms with van der Waals surface area (Å²) >= 11 is 0. The smallest absolute Gasteiger partial charge is 0.0981 e. The van der Waals surface area contributed by atoms with E-state index in [-0.39, 0.29) is 6.61 Å². The van der Waals surface area contributed by atoms with Crippen molar-refractivity contribution in [2.24, 2.45) is 0 Å². The van der Waals surface area contributed by atoms with Gasteiger partial charge in [0.05, 0.1) is 25.2 Å². The second-order valence-electron chi connectivity index (χ2n) is 4.51. The fraction of sp³-hybridized carbons (Fsp3) is 0.286. The van der Waals surface area contributed by atoms with E-state index in [4.69, 9.17) is 15.3 Å². The first-order valence-electron chi connectivity index (χ1n) is 6.04. The van der Waals surface area contributed by atoms with Crippen molar-refractivity contribution in [3.05, 3.63) is 36.8 Å². The van der Waals surface area contributed by atoms with Crippen LogP contribution >= 0.6 is 0 Å². The SMILES string of the molecule is CN(CC(O)CO)c1ccc(N)cc1-c1ccoc1.